The van der Waals surface area contributed by atoms with Gasteiger partial charge in [0.15, 0.2) is 0 Å². The monoisotopic (exact) mass is 370 g/mol. The molecule has 1 aromatic carbocycles. The number of hydrogen-bond acceptors (Lipinski definition) is 3. The van der Waals surface area contributed by atoms with E-state index in [1.165, 1.54) is 24.0 Å². The number of hydrogen-bond donors (Lipinski definition) is 0. The van der Waals surface area contributed by atoms with E-state index in [2.05, 4.69) is 26.0 Å². The van der Waals surface area contributed by atoms with Crippen LogP contribution in [-0.4, -0.2) is 25.6 Å². The number of carbonyl (C=O) groups excluding carboxylic acids is 1. The van der Waals surface area contributed by atoms with Gasteiger partial charge in [-0.3, -0.25) is 4.79 Å². The van der Waals surface area contributed by atoms with Crippen LogP contribution in [0.1, 0.15) is 75.8 Å². The van der Waals surface area contributed by atoms with Crippen LogP contribution in [0.3, 0.4) is 0 Å². The molecule has 5 atom stereocenters. The van der Waals surface area contributed by atoms with Gasteiger partial charge in [-0.1, -0.05) is 26.3 Å². The van der Waals surface area contributed by atoms with Crippen molar-refractivity contribution >= 4 is 5.78 Å². The van der Waals surface area contributed by atoms with Gasteiger partial charge in [0, 0.05) is 24.4 Å². The molecule has 0 bridgehead atoms. The van der Waals surface area contributed by atoms with Gasteiger partial charge in [0.1, 0.15) is 11.5 Å². The summed E-state index contributed by atoms with van der Waals surface area (Å²) < 4.78 is 11.8. The van der Waals surface area contributed by atoms with Crippen LogP contribution in [0.2, 0.25) is 0 Å². The lowest BCUT2D eigenvalue weighted by atomic mass is 9.53. The molecule has 3 unspecified atom stereocenters. The van der Waals surface area contributed by atoms with Crippen molar-refractivity contribution in [2.75, 3.05) is 13.7 Å². The highest BCUT2D eigenvalue weighted by Gasteiger charge is 2.59. The molecule has 0 amide bonds. The molecule has 3 heteroatoms. The Labute approximate surface area is 163 Å². The molecule has 3 aliphatic carbocycles. The zero-order valence-corrected chi connectivity index (χ0v) is 17.1. The Morgan fingerprint density at radius 2 is 2.04 bits per heavy atom. The van der Waals surface area contributed by atoms with E-state index >= 15 is 0 Å². The molecule has 148 valence electrons. The molecule has 0 N–H and O–H groups in total. The second kappa shape index (κ2) is 7.58. The van der Waals surface area contributed by atoms with E-state index in [1.807, 2.05) is 6.07 Å². The summed E-state index contributed by atoms with van der Waals surface area (Å²) in [7, 11) is 1.71. The van der Waals surface area contributed by atoms with Gasteiger partial charge in [-0.25, -0.2) is 0 Å². The summed E-state index contributed by atoms with van der Waals surface area (Å²) >= 11 is 0. The average molecular weight is 371 g/mol. The van der Waals surface area contributed by atoms with Crippen LogP contribution in [0.4, 0.5) is 0 Å². The number of aryl methyl sites for hydroxylation is 1. The van der Waals surface area contributed by atoms with Crippen molar-refractivity contribution < 1.29 is 14.3 Å². The summed E-state index contributed by atoms with van der Waals surface area (Å²) in [6.45, 7) is 5.34. The lowest BCUT2D eigenvalue weighted by Crippen LogP contribution is -2.50. The number of ketones is 1. The molecule has 0 radical (unpaired) electrons. The van der Waals surface area contributed by atoms with Gasteiger partial charge in [-0.05, 0) is 73.6 Å². The number of ether oxygens (including phenoxy) is 2. The number of rotatable bonds is 6. The minimum atomic E-state index is 0.0793. The van der Waals surface area contributed by atoms with Crippen molar-refractivity contribution in [2.24, 2.45) is 17.3 Å². The van der Waals surface area contributed by atoms with Crippen molar-refractivity contribution in [2.45, 2.75) is 77.2 Å². The van der Waals surface area contributed by atoms with E-state index < -0.39 is 0 Å². The van der Waals surface area contributed by atoms with E-state index in [1.54, 1.807) is 7.11 Å². The largest absolute Gasteiger partial charge is 0.497 e. The lowest BCUT2D eigenvalue weighted by molar-refractivity contribution is -0.139. The first-order chi connectivity index (χ1) is 13.1. The first kappa shape index (κ1) is 19.0. The number of Topliss-reactive ketones (excluding diaryl/α,β-unsaturated/α-hetero) is 1. The van der Waals surface area contributed by atoms with Crippen LogP contribution in [0.25, 0.3) is 0 Å². The maximum Gasteiger partial charge on any atom is 0.141 e. The molecule has 0 heterocycles. The Morgan fingerprint density at radius 3 is 2.78 bits per heavy atom. The molecule has 4 rings (SSSR count). The number of methoxy groups -OCH3 is 1. The molecular formula is C24H34O3. The summed E-state index contributed by atoms with van der Waals surface area (Å²) in [4.78, 5) is 13.4. The van der Waals surface area contributed by atoms with Crippen LogP contribution in [-0.2, 0) is 16.0 Å². The topological polar surface area (TPSA) is 35.5 Å². The highest BCUT2D eigenvalue weighted by atomic mass is 16.5. The zero-order chi connectivity index (χ0) is 19.0. The quantitative estimate of drug-likeness (QED) is 0.637. The van der Waals surface area contributed by atoms with Crippen molar-refractivity contribution in [1.29, 1.82) is 0 Å². The zero-order valence-electron chi connectivity index (χ0n) is 17.1. The predicted octanol–water partition coefficient (Wildman–Crippen LogP) is 5.31. The lowest BCUT2D eigenvalue weighted by Gasteiger charge is -2.51. The predicted molar refractivity (Wildman–Crippen MR) is 107 cm³/mol. The average Bonchev–Trinajstić information content (AvgIpc) is 3.06. The van der Waals surface area contributed by atoms with E-state index in [4.69, 9.17) is 9.47 Å². The summed E-state index contributed by atoms with van der Waals surface area (Å²) in [5.41, 5.74) is 2.68. The van der Waals surface area contributed by atoms with Crippen LogP contribution in [0.15, 0.2) is 18.2 Å². The Hall–Kier alpha value is -1.35. The number of carbonyl (C=O) groups is 1. The van der Waals surface area contributed by atoms with Crippen LogP contribution < -0.4 is 4.74 Å². The molecule has 0 saturated heterocycles. The number of benzene rings is 1. The molecule has 3 aliphatic rings. The SMILES string of the molecule is CCCCO[C@H]1CCC2C3CCc4cc(OC)ccc4C3C(=O)C[C@@]21CC. The molecule has 1 aromatic rings. The second-order valence-electron chi connectivity index (χ2n) is 8.87. The maximum absolute atomic E-state index is 13.4. The summed E-state index contributed by atoms with van der Waals surface area (Å²) in [6, 6.07) is 6.33. The fourth-order valence-corrected chi connectivity index (χ4v) is 6.49. The normalized spacial score (nSPS) is 34.7. The molecule has 3 nitrogen and oxygen atoms in total. The maximum atomic E-state index is 13.4. The van der Waals surface area contributed by atoms with Gasteiger partial charge in [0.2, 0.25) is 0 Å². The Bertz CT molecular complexity index is 697. The van der Waals surface area contributed by atoms with Crippen LogP contribution in [0.5, 0.6) is 5.75 Å². The highest BCUT2D eigenvalue weighted by molar-refractivity contribution is 5.88. The van der Waals surface area contributed by atoms with Gasteiger partial charge < -0.3 is 9.47 Å². The van der Waals surface area contributed by atoms with Crippen molar-refractivity contribution in [3.63, 3.8) is 0 Å². The van der Waals surface area contributed by atoms with E-state index in [9.17, 15) is 4.79 Å². The molecular weight excluding hydrogens is 336 g/mol. The first-order valence-corrected chi connectivity index (χ1v) is 11.0. The van der Waals surface area contributed by atoms with Gasteiger partial charge in [-0.15, -0.1) is 0 Å². The minimum Gasteiger partial charge on any atom is -0.497 e. The smallest absolute Gasteiger partial charge is 0.141 e. The first-order valence-electron chi connectivity index (χ1n) is 11.0. The third kappa shape index (κ3) is 3.03. The summed E-state index contributed by atoms with van der Waals surface area (Å²) in [6.07, 6.45) is 8.90. The Balaban J connectivity index is 1.63. The van der Waals surface area contributed by atoms with Crippen molar-refractivity contribution in [3.8, 4) is 5.75 Å². The highest BCUT2D eigenvalue weighted by Crippen LogP contribution is 2.62. The number of fused-ring (bicyclic) bond motifs is 5. The standard InChI is InChI=1S/C24H34O3/c1-4-6-13-27-22-12-11-20-19-9-7-16-14-17(26-3)8-10-18(16)23(19)21(25)15-24(20,22)5-2/h8,10,14,19-20,22-23H,4-7,9,11-13,15H2,1-3H3/t19?,20?,22-,23?,24-/m0/s1. The van der Waals surface area contributed by atoms with Crippen molar-refractivity contribution in [1.82, 2.24) is 0 Å². The van der Waals surface area contributed by atoms with E-state index in [0.717, 1.165) is 44.5 Å². The van der Waals surface area contributed by atoms with Crippen molar-refractivity contribution in [3.05, 3.63) is 29.3 Å². The molecule has 0 spiro atoms. The van der Waals surface area contributed by atoms with Gasteiger partial charge >= 0.3 is 0 Å². The molecule has 27 heavy (non-hydrogen) atoms. The number of unbranched alkanes of at least 4 members (excludes halogenated alkanes) is 1. The van der Waals surface area contributed by atoms with E-state index in [0.29, 0.717) is 24.0 Å². The summed E-state index contributed by atoms with van der Waals surface area (Å²) in [5.74, 6) is 2.58. The minimum absolute atomic E-state index is 0.0793. The van der Waals surface area contributed by atoms with Crippen LogP contribution in [0, 0.1) is 17.3 Å². The molecule has 0 aliphatic heterocycles. The van der Waals surface area contributed by atoms with Crippen LogP contribution >= 0.6 is 0 Å². The fourth-order valence-electron chi connectivity index (χ4n) is 6.49. The Morgan fingerprint density at radius 1 is 1.19 bits per heavy atom. The second-order valence-corrected chi connectivity index (χ2v) is 8.87. The summed E-state index contributed by atoms with van der Waals surface area (Å²) in [5, 5.41) is 0. The fraction of sp³-hybridized carbons (Fsp3) is 0.708. The molecule has 0 aromatic heterocycles. The van der Waals surface area contributed by atoms with E-state index in [-0.39, 0.29) is 17.4 Å². The van der Waals surface area contributed by atoms with Gasteiger partial charge in [0.25, 0.3) is 0 Å². The Kier molecular flexibility index (Phi) is 5.33. The molecule has 2 saturated carbocycles. The third-order valence-electron chi connectivity index (χ3n) is 7.82. The van der Waals surface area contributed by atoms with Gasteiger partial charge in [0.05, 0.1) is 13.2 Å². The third-order valence-corrected chi connectivity index (χ3v) is 7.82. The van der Waals surface area contributed by atoms with Gasteiger partial charge in [-0.2, -0.15) is 0 Å². The molecule has 2 fully saturated rings.